The van der Waals surface area contributed by atoms with Gasteiger partial charge in [-0.3, -0.25) is 4.90 Å². The molecule has 24 heavy (non-hydrogen) atoms. The van der Waals surface area contributed by atoms with Gasteiger partial charge in [-0.25, -0.2) is 9.59 Å². The number of rotatable bonds is 3. The molecule has 3 N–H and O–H groups in total. The summed E-state index contributed by atoms with van der Waals surface area (Å²) in [5, 5.41) is 8.57. The number of para-hydroxylation sites is 2. The smallest absolute Gasteiger partial charge is 0.323 e. The van der Waals surface area contributed by atoms with Crippen molar-refractivity contribution in [2.45, 2.75) is 25.6 Å². The number of urea groups is 2. The first-order chi connectivity index (χ1) is 11.6. The van der Waals surface area contributed by atoms with Crippen LogP contribution in [0.25, 0.3) is 0 Å². The molecule has 6 heteroatoms. The summed E-state index contributed by atoms with van der Waals surface area (Å²) in [7, 11) is 0. The highest BCUT2D eigenvalue weighted by molar-refractivity contribution is 5.95. The lowest BCUT2D eigenvalue weighted by atomic mass is 10.1. The van der Waals surface area contributed by atoms with Crippen molar-refractivity contribution in [1.29, 1.82) is 0 Å². The molecule has 2 atom stereocenters. The number of hydrogen-bond donors (Lipinski definition) is 3. The van der Waals surface area contributed by atoms with Crippen LogP contribution in [0.4, 0.5) is 21.0 Å². The van der Waals surface area contributed by atoms with Crippen molar-refractivity contribution in [3.63, 3.8) is 0 Å². The summed E-state index contributed by atoms with van der Waals surface area (Å²) < 4.78 is 0. The van der Waals surface area contributed by atoms with Crippen molar-refractivity contribution in [1.82, 2.24) is 10.6 Å². The highest BCUT2D eigenvalue weighted by atomic mass is 16.2. The number of carbonyl (C=O) groups is 2. The van der Waals surface area contributed by atoms with Crippen molar-refractivity contribution < 1.29 is 9.59 Å². The first-order valence-electron chi connectivity index (χ1n) is 7.91. The van der Waals surface area contributed by atoms with Crippen LogP contribution >= 0.6 is 0 Å². The molecule has 0 bridgehead atoms. The van der Waals surface area contributed by atoms with Crippen molar-refractivity contribution in [3.8, 4) is 0 Å². The average Bonchev–Trinajstić information content (AvgIpc) is 2.56. The number of benzene rings is 2. The highest BCUT2D eigenvalue weighted by Crippen LogP contribution is 2.21. The normalized spacial score (nSPS) is 20.2. The van der Waals surface area contributed by atoms with Crippen molar-refractivity contribution in [2.24, 2.45) is 0 Å². The third-order valence-corrected chi connectivity index (χ3v) is 3.84. The van der Waals surface area contributed by atoms with Gasteiger partial charge in [-0.1, -0.05) is 36.4 Å². The van der Waals surface area contributed by atoms with E-state index in [1.54, 1.807) is 4.90 Å². The van der Waals surface area contributed by atoms with Gasteiger partial charge in [0.15, 0.2) is 0 Å². The first kappa shape index (κ1) is 15.9. The van der Waals surface area contributed by atoms with Gasteiger partial charge >= 0.3 is 12.1 Å². The van der Waals surface area contributed by atoms with Gasteiger partial charge in [-0.05, 0) is 31.2 Å². The van der Waals surface area contributed by atoms with E-state index >= 15 is 0 Å². The van der Waals surface area contributed by atoms with E-state index in [0.29, 0.717) is 12.1 Å². The molecule has 3 rings (SSSR count). The molecule has 4 amide bonds. The van der Waals surface area contributed by atoms with E-state index in [1.807, 2.05) is 67.6 Å². The second-order valence-electron chi connectivity index (χ2n) is 5.77. The second-order valence-corrected chi connectivity index (χ2v) is 5.77. The lowest BCUT2D eigenvalue weighted by Crippen LogP contribution is -2.62. The summed E-state index contributed by atoms with van der Waals surface area (Å²) in [5.74, 6) is 0. The van der Waals surface area contributed by atoms with Gasteiger partial charge < -0.3 is 16.0 Å². The first-order valence-corrected chi connectivity index (χ1v) is 7.91. The molecule has 0 saturated carbocycles. The van der Waals surface area contributed by atoms with Gasteiger partial charge in [-0.15, -0.1) is 0 Å². The fourth-order valence-electron chi connectivity index (χ4n) is 2.77. The fourth-order valence-corrected chi connectivity index (χ4v) is 2.77. The molecule has 1 aliphatic heterocycles. The number of carbonyl (C=O) groups excluding carboxylic acids is 2. The molecule has 2 aromatic rings. The molecule has 0 aromatic heterocycles. The Balaban J connectivity index is 1.75. The maximum absolute atomic E-state index is 12.4. The quantitative estimate of drug-likeness (QED) is 0.811. The van der Waals surface area contributed by atoms with E-state index in [0.717, 1.165) is 5.69 Å². The Hall–Kier alpha value is -3.02. The van der Waals surface area contributed by atoms with Gasteiger partial charge in [0.1, 0.15) is 6.17 Å². The van der Waals surface area contributed by atoms with E-state index in [-0.39, 0.29) is 18.1 Å². The lowest BCUT2D eigenvalue weighted by Gasteiger charge is -2.39. The molecule has 1 fully saturated rings. The molecular formula is C18H20N4O2. The number of nitrogens with zero attached hydrogens (tertiary/aromatic N) is 1. The van der Waals surface area contributed by atoms with Gasteiger partial charge in [0.2, 0.25) is 0 Å². The number of anilines is 2. The molecule has 1 aliphatic rings. The average molecular weight is 324 g/mol. The Morgan fingerprint density at radius 3 is 2.38 bits per heavy atom. The summed E-state index contributed by atoms with van der Waals surface area (Å²) in [6, 6.07) is 17.9. The molecular weight excluding hydrogens is 304 g/mol. The van der Waals surface area contributed by atoms with Gasteiger partial charge in [-0.2, -0.15) is 0 Å². The third-order valence-electron chi connectivity index (χ3n) is 3.84. The molecule has 1 saturated heterocycles. The zero-order valence-corrected chi connectivity index (χ0v) is 13.4. The Labute approximate surface area is 140 Å². The number of hydrogen-bond acceptors (Lipinski definition) is 2. The van der Waals surface area contributed by atoms with Crippen LogP contribution in [0.5, 0.6) is 0 Å². The van der Waals surface area contributed by atoms with Gasteiger partial charge in [0, 0.05) is 23.8 Å². The molecule has 1 heterocycles. The van der Waals surface area contributed by atoms with Crippen LogP contribution in [0.1, 0.15) is 13.3 Å². The van der Waals surface area contributed by atoms with Crippen LogP contribution in [0.2, 0.25) is 0 Å². The van der Waals surface area contributed by atoms with E-state index < -0.39 is 6.17 Å². The molecule has 0 unspecified atom stereocenters. The SMILES string of the molecule is C[C@@H]1C[C@H](NC(=O)Nc2ccccc2)N(c2ccccc2)C(=O)N1. The van der Waals surface area contributed by atoms with Crippen molar-refractivity contribution in [3.05, 3.63) is 60.7 Å². The van der Waals surface area contributed by atoms with E-state index in [4.69, 9.17) is 0 Å². The minimum atomic E-state index is -0.417. The third kappa shape index (κ3) is 3.65. The lowest BCUT2D eigenvalue weighted by molar-refractivity contribution is 0.223. The summed E-state index contributed by atoms with van der Waals surface area (Å²) in [5.41, 5.74) is 1.45. The van der Waals surface area contributed by atoms with Crippen LogP contribution in [-0.4, -0.2) is 24.3 Å². The Bertz CT molecular complexity index is 705. The minimum Gasteiger partial charge on any atom is -0.335 e. The molecule has 0 radical (unpaired) electrons. The standard InChI is InChI=1S/C18H20N4O2/c1-13-12-16(21-17(23)20-14-8-4-2-5-9-14)22(18(24)19-13)15-10-6-3-7-11-15/h2-11,13,16H,12H2,1H3,(H,19,24)(H2,20,21,23)/t13-,16-/m1/s1. The van der Waals surface area contributed by atoms with E-state index in [1.165, 1.54) is 0 Å². The van der Waals surface area contributed by atoms with Gasteiger partial charge in [0.25, 0.3) is 0 Å². The minimum absolute atomic E-state index is 0.0144. The number of nitrogens with one attached hydrogen (secondary N) is 3. The van der Waals surface area contributed by atoms with Crippen molar-refractivity contribution in [2.75, 3.05) is 10.2 Å². The highest BCUT2D eigenvalue weighted by Gasteiger charge is 2.33. The predicted molar refractivity (Wildman–Crippen MR) is 93.9 cm³/mol. The topological polar surface area (TPSA) is 73.5 Å². The molecule has 0 spiro atoms. The Morgan fingerprint density at radius 1 is 1.08 bits per heavy atom. The second kappa shape index (κ2) is 7.04. The fraction of sp³-hybridized carbons (Fsp3) is 0.222. The summed E-state index contributed by atoms with van der Waals surface area (Å²) in [6.45, 7) is 1.92. The van der Waals surface area contributed by atoms with Crippen molar-refractivity contribution >= 4 is 23.4 Å². The zero-order valence-electron chi connectivity index (χ0n) is 13.4. The van der Waals surface area contributed by atoms with Crippen LogP contribution < -0.4 is 20.9 Å². The Morgan fingerprint density at radius 2 is 1.71 bits per heavy atom. The maximum atomic E-state index is 12.4. The zero-order chi connectivity index (χ0) is 16.9. The van der Waals surface area contributed by atoms with E-state index in [9.17, 15) is 9.59 Å². The Kier molecular flexibility index (Phi) is 4.65. The van der Waals surface area contributed by atoms with Gasteiger partial charge in [0.05, 0.1) is 0 Å². The molecule has 124 valence electrons. The van der Waals surface area contributed by atoms with E-state index in [2.05, 4.69) is 16.0 Å². The summed E-state index contributed by atoms with van der Waals surface area (Å²) >= 11 is 0. The predicted octanol–water partition coefficient (Wildman–Crippen LogP) is 3.14. The van der Waals surface area contributed by atoms with Crippen LogP contribution in [0, 0.1) is 0 Å². The monoisotopic (exact) mass is 324 g/mol. The van der Waals surface area contributed by atoms with Crippen LogP contribution in [-0.2, 0) is 0 Å². The van der Waals surface area contributed by atoms with Crippen LogP contribution in [0.3, 0.4) is 0 Å². The largest absolute Gasteiger partial charge is 0.335 e. The summed E-state index contributed by atoms with van der Waals surface area (Å²) in [4.78, 5) is 26.3. The molecule has 0 aliphatic carbocycles. The van der Waals surface area contributed by atoms with Crippen LogP contribution in [0.15, 0.2) is 60.7 Å². The molecule has 6 nitrogen and oxygen atoms in total. The maximum Gasteiger partial charge on any atom is 0.323 e. The summed E-state index contributed by atoms with van der Waals surface area (Å²) in [6.07, 6.45) is 0.197. The molecule has 2 aromatic carbocycles. The number of amides is 4.